The molecule has 0 radical (unpaired) electrons. The molecule has 31 heavy (non-hydrogen) atoms. The van der Waals surface area contributed by atoms with Crippen molar-refractivity contribution in [2.45, 2.75) is 39.3 Å². The number of aryl methyl sites for hydroxylation is 2. The Labute approximate surface area is 184 Å². The maximum Gasteiger partial charge on any atom is 0.258 e. The first kappa shape index (κ1) is 21.3. The van der Waals surface area contributed by atoms with Crippen LogP contribution in [-0.2, 0) is 6.54 Å². The molecule has 0 aromatic heterocycles. The number of halogens is 1. The summed E-state index contributed by atoms with van der Waals surface area (Å²) < 4.78 is 13.2. The molecule has 1 aliphatic rings. The molecule has 1 fully saturated rings. The Bertz CT molecular complexity index is 1020. The number of likely N-dealkylation sites (tertiary alicyclic amines) is 1. The zero-order valence-electron chi connectivity index (χ0n) is 18.2. The summed E-state index contributed by atoms with van der Waals surface area (Å²) in [4.78, 5) is 17.9. The van der Waals surface area contributed by atoms with Crippen molar-refractivity contribution in [2.75, 3.05) is 18.0 Å². The number of rotatable bonds is 5. The van der Waals surface area contributed by atoms with Crippen molar-refractivity contribution in [1.29, 1.82) is 0 Å². The normalized spacial score (nSPS) is 15.1. The Kier molecular flexibility index (Phi) is 6.47. The van der Waals surface area contributed by atoms with Gasteiger partial charge in [-0.3, -0.25) is 9.69 Å². The summed E-state index contributed by atoms with van der Waals surface area (Å²) in [7, 11) is 0. The lowest BCUT2D eigenvalue weighted by Gasteiger charge is -2.39. The lowest BCUT2D eigenvalue weighted by molar-refractivity contribution is 0.0958. The lowest BCUT2D eigenvalue weighted by Crippen LogP contribution is -2.47. The molecule has 0 unspecified atom stereocenters. The lowest BCUT2D eigenvalue weighted by atomic mass is 9.99. The van der Waals surface area contributed by atoms with E-state index in [1.807, 2.05) is 60.4 Å². The van der Waals surface area contributed by atoms with E-state index in [1.54, 1.807) is 0 Å². The molecule has 0 aliphatic carbocycles. The molecule has 3 aromatic rings. The Hall–Kier alpha value is -2.98. The molecule has 1 heterocycles. The molecule has 3 nitrogen and oxygen atoms in total. The van der Waals surface area contributed by atoms with Gasteiger partial charge in [-0.15, -0.1) is 0 Å². The average molecular weight is 417 g/mol. The summed E-state index contributed by atoms with van der Waals surface area (Å²) in [5.41, 5.74) is 5.09. The van der Waals surface area contributed by atoms with Crippen LogP contribution in [0.5, 0.6) is 0 Å². The Morgan fingerprint density at radius 1 is 0.935 bits per heavy atom. The molecule has 0 spiro atoms. The van der Waals surface area contributed by atoms with E-state index in [2.05, 4.69) is 24.0 Å². The van der Waals surface area contributed by atoms with Crippen LogP contribution >= 0.6 is 0 Å². The molecule has 3 aromatic carbocycles. The highest BCUT2D eigenvalue weighted by Crippen LogP contribution is 2.27. The predicted molar refractivity (Wildman–Crippen MR) is 124 cm³/mol. The van der Waals surface area contributed by atoms with Gasteiger partial charge < -0.3 is 4.90 Å². The van der Waals surface area contributed by atoms with Crippen LogP contribution in [0.25, 0.3) is 0 Å². The van der Waals surface area contributed by atoms with Gasteiger partial charge in [0.15, 0.2) is 0 Å². The van der Waals surface area contributed by atoms with Crippen LogP contribution in [0.3, 0.4) is 0 Å². The van der Waals surface area contributed by atoms with Gasteiger partial charge in [0.2, 0.25) is 0 Å². The Morgan fingerprint density at radius 3 is 2.26 bits per heavy atom. The summed E-state index contributed by atoms with van der Waals surface area (Å²) in [6.45, 7) is 6.72. The van der Waals surface area contributed by atoms with Crippen LogP contribution < -0.4 is 4.90 Å². The molecule has 160 valence electrons. The van der Waals surface area contributed by atoms with E-state index in [9.17, 15) is 9.18 Å². The highest BCUT2D eigenvalue weighted by atomic mass is 19.1. The summed E-state index contributed by atoms with van der Waals surface area (Å²) in [6.07, 6.45) is 1.82. The summed E-state index contributed by atoms with van der Waals surface area (Å²) in [5.74, 6) is -0.145. The number of hydrogen-bond donors (Lipinski definition) is 0. The Balaban J connectivity index is 1.51. The van der Waals surface area contributed by atoms with Gasteiger partial charge in [0.05, 0.1) is 0 Å². The van der Waals surface area contributed by atoms with Crippen molar-refractivity contribution in [3.8, 4) is 0 Å². The van der Waals surface area contributed by atoms with Gasteiger partial charge in [-0.25, -0.2) is 4.39 Å². The topological polar surface area (TPSA) is 23.6 Å². The molecule has 1 amide bonds. The number of amides is 1. The SMILES string of the molecule is Cc1ccc(C(=O)N(c2cccc(C)c2)C2CCN(Cc3ccc(F)cc3)CC2)cc1. The van der Waals surface area contributed by atoms with Crippen LogP contribution in [0, 0.1) is 19.7 Å². The Morgan fingerprint density at radius 2 is 1.61 bits per heavy atom. The van der Waals surface area contributed by atoms with Crippen molar-refractivity contribution >= 4 is 11.6 Å². The molecular weight excluding hydrogens is 387 g/mol. The molecule has 0 saturated carbocycles. The molecule has 0 N–H and O–H groups in total. The molecule has 4 rings (SSSR count). The van der Waals surface area contributed by atoms with Gasteiger partial charge in [-0.05, 0) is 74.2 Å². The van der Waals surface area contributed by atoms with Crippen molar-refractivity contribution in [3.63, 3.8) is 0 Å². The molecule has 0 bridgehead atoms. The monoisotopic (exact) mass is 416 g/mol. The van der Waals surface area contributed by atoms with Crippen LogP contribution in [0.4, 0.5) is 10.1 Å². The third kappa shape index (κ3) is 5.20. The van der Waals surface area contributed by atoms with E-state index in [-0.39, 0.29) is 17.8 Å². The zero-order valence-corrected chi connectivity index (χ0v) is 18.2. The smallest absolute Gasteiger partial charge is 0.258 e. The van der Waals surface area contributed by atoms with Gasteiger partial charge in [0.1, 0.15) is 5.82 Å². The third-order valence-corrected chi connectivity index (χ3v) is 6.04. The highest BCUT2D eigenvalue weighted by molar-refractivity contribution is 6.06. The van der Waals surface area contributed by atoms with Gasteiger partial charge in [0.25, 0.3) is 5.91 Å². The van der Waals surface area contributed by atoms with Crippen LogP contribution in [0.1, 0.15) is 39.9 Å². The average Bonchev–Trinajstić information content (AvgIpc) is 2.77. The maximum atomic E-state index is 13.5. The molecule has 1 aliphatic heterocycles. The highest BCUT2D eigenvalue weighted by Gasteiger charge is 2.30. The number of benzene rings is 3. The standard InChI is InChI=1S/C27H29FN2O/c1-20-6-10-23(11-7-20)27(31)30(26-5-3-4-21(2)18-26)25-14-16-29(17-15-25)19-22-8-12-24(28)13-9-22/h3-13,18,25H,14-17,19H2,1-2H3. The van der Waals surface area contributed by atoms with E-state index in [0.717, 1.165) is 60.4 Å². The fourth-order valence-electron chi connectivity index (χ4n) is 4.29. The number of piperidine rings is 1. The predicted octanol–water partition coefficient (Wildman–Crippen LogP) is 5.75. The second-order valence-electron chi connectivity index (χ2n) is 8.51. The first-order chi connectivity index (χ1) is 15.0. The fraction of sp³-hybridized carbons (Fsp3) is 0.296. The summed E-state index contributed by atoms with van der Waals surface area (Å²) in [6, 6.07) is 22.9. The van der Waals surface area contributed by atoms with Crippen molar-refractivity contribution < 1.29 is 9.18 Å². The molecule has 0 atom stereocenters. The number of anilines is 1. The maximum absolute atomic E-state index is 13.5. The summed E-state index contributed by atoms with van der Waals surface area (Å²) in [5, 5.41) is 0. The van der Waals surface area contributed by atoms with Crippen LogP contribution in [0.2, 0.25) is 0 Å². The minimum absolute atomic E-state index is 0.0579. The molecule has 1 saturated heterocycles. The van der Waals surface area contributed by atoms with Crippen LogP contribution in [0.15, 0.2) is 72.8 Å². The van der Waals surface area contributed by atoms with Crippen molar-refractivity contribution in [1.82, 2.24) is 4.90 Å². The minimum atomic E-state index is -0.203. The second kappa shape index (κ2) is 9.44. The first-order valence-corrected chi connectivity index (χ1v) is 10.9. The molecule has 4 heteroatoms. The number of nitrogens with zero attached hydrogens (tertiary/aromatic N) is 2. The fourth-order valence-corrected chi connectivity index (χ4v) is 4.29. The van der Waals surface area contributed by atoms with Crippen molar-refractivity contribution in [3.05, 3.63) is 101 Å². The second-order valence-corrected chi connectivity index (χ2v) is 8.51. The quantitative estimate of drug-likeness (QED) is 0.528. The first-order valence-electron chi connectivity index (χ1n) is 10.9. The van der Waals surface area contributed by atoms with Gasteiger partial charge >= 0.3 is 0 Å². The largest absolute Gasteiger partial charge is 0.305 e. The zero-order chi connectivity index (χ0) is 21.8. The number of hydrogen-bond acceptors (Lipinski definition) is 2. The van der Waals surface area contributed by atoms with E-state index >= 15 is 0 Å². The number of carbonyl (C=O) groups excluding carboxylic acids is 1. The molecular formula is C27H29FN2O. The van der Waals surface area contributed by atoms with E-state index in [1.165, 1.54) is 12.1 Å². The minimum Gasteiger partial charge on any atom is -0.305 e. The van der Waals surface area contributed by atoms with E-state index in [0.29, 0.717) is 0 Å². The van der Waals surface area contributed by atoms with Gasteiger partial charge in [-0.2, -0.15) is 0 Å². The van der Waals surface area contributed by atoms with E-state index in [4.69, 9.17) is 0 Å². The summed E-state index contributed by atoms with van der Waals surface area (Å²) >= 11 is 0. The van der Waals surface area contributed by atoms with Crippen LogP contribution in [-0.4, -0.2) is 29.9 Å². The van der Waals surface area contributed by atoms with Gasteiger partial charge in [-0.1, -0.05) is 42.0 Å². The third-order valence-electron chi connectivity index (χ3n) is 6.04. The van der Waals surface area contributed by atoms with E-state index < -0.39 is 0 Å². The van der Waals surface area contributed by atoms with Gasteiger partial charge in [0, 0.05) is 36.9 Å². The number of carbonyl (C=O) groups is 1. The van der Waals surface area contributed by atoms with Crippen molar-refractivity contribution in [2.24, 2.45) is 0 Å².